The van der Waals surface area contributed by atoms with Gasteiger partial charge < -0.3 is 15.0 Å². The van der Waals surface area contributed by atoms with Crippen molar-refractivity contribution in [3.8, 4) is 5.75 Å². The largest absolute Gasteiger partial charge is 0.482 e. The number of carbonyl (C=O) groups is 2. The molecule has 2 amide bonds. The number of benzene rings is 2. The molecule has 164 valence electrons. The third-order valence-corrected chi connectivity index (χ3v) is 5.96. The van der Waals surface area contributed by atoms with Gasteiger partial charge in [-0.3, -0.25) is 14.5 Å². The van der Waals surface area contributed by atoms with Crippen molar-refractivity contribution in [2.24, 2.45) is 0 Å². The number of nitrogens with one attached hydrogen (secondary N) is 1. The summed E-state index contributed by atoms with van der Waals surface area (Å²) in [6.07, 6.45) is 5.50. The summed E-state index contributed by atoms with van der Waals surface area (Å²) < 4.78 is 5.46. The first-order valence-electron chi connectivity index (χ1n) is 11.3. The van der Waals surface area contributed by atoms with Crippen molar-refractivity contribution in [2.75, 3.05) is 31.1 Å². The van der Waals surface area contributed by atoms with E-state index in [1.165, 1.54) is 44.3 Å². The number of anilines is 1. The zero-order chi connectivity index (χ0) is 21.5. The SMILES string of the molecule is O=C(CCN1C(=O)COc2ccccc21)NCc1cccc(CN2CCCCCC2)c1. The summed E-state index contributed by atoms with van der Waals surface area (Å²) in [5.74, 6) is 0.506. The molecule has 0 aromatic heterocycles. The lowest BCUT2D eigenvalue weighted by Crippen LogP contribution is -2.41. The smallest absolute Gasteiger partial charge is 0.265 e. The fraction of sp³-hybridized carbons (Fsp3) is 0.440. The minimum absolute atomic E-state index is 0.0163. The van der Waals surface area contributed by atoms with Crippen LogP contribution in [0.4, 0.5) is 5.69 Å². The minimum atomic E-state index is -0.118. The predicted molar refractivity (Wildman–Crippen MR) is 121 cm³/mol. The van der Waals surface area contributed by atoms with E-state index in [4.69, 9.17) is 4.74 Å². The van der Waals surface area contributed by atoms with Crippen LogP contribution in [0.2, 0.25) is 0 Å². The van der Waals surface area contributed by atoms with E-state index in [1.807, 2.05) is 30.3 Å². The van der Waals surface area contributed by atoms with E-state index in [-0.39, 0.29) is 24.8 Å². The second-order valence-electron chi connectivity index (χ2n) is 8.34. The Balaban J connectivity index is 1.27. The lowest BCUT2D eigenvalue weighted by Gasteiger charge is -2.29. The molecule has 2 aromatic rings. The molecule has 0 unspecified atom stereocenters. The van der Waals surface area contributed by atoms with Crippen LogP contribution in [0.5, 0.6) is 5.75 Å². The van der Waals surface area contributed by atoms with Gasteiger partial charge in [-0.2, -0.15) is 0 Å². The Bertz CT molecular complexity index is 906. The van der Waals surface area contributed by atoms with Gasteiger partial charge in [-0.25, -0.2) is 0 Å². The normalized spacial score (nSPS) is 16.9. The van der Waals surface area contributed by atoms with E-state index in [1.54, 1.807) is 4.90 Å². The van der Waals surface area contributed by atoms with Crippen molar-refractivity contribution in [3.05, 3.63) is 59.7 Å². The van der Waals surface area contributed by atoms with E-state index in [0.717, 1.165) is 17.8 Å². The summed E-state index contributed by atoms with van der Waals surface area (Å²) >= 11 is 0. The van der Waals surface area contributed by atoms with Crippen molar-refractivity contribution >= 4 is 17.5 Å². The Morgan fingerprint density at radius 2 is 1.74 bits per heavy atom. The topological polar surface area (TPSA) is 61.9 Å². The molecule has 4 rings (SSSR count). The van der Waals surface area contributed by atoms with Gasteiger partial charge in [0.1, 0.15) is 5.75 Å². The lowest BCUT2D eigenvalue weighted by molar-refractivity contribution is -0.122. The lowest BCUT2D eigenvalue weighted by atomic mass is 10.1. The van der Waals surface area contributed by atoms with Gasteiger partial charge in [-0.05, 0) is 49.2 Å². The maximum absolute atomic E-state index is 12.4. The highest BCUT2D eigenvalue weighted by Crippen LogP contribution is 2.31. The van der Waals surface area contributed by atoms with E-state index < -0.39 is 0 Å². The molecule has 2 aromatic carbocycles. The van der Waals surface area contributed by atoms with Crippen molar-refractivity contribution in [3.63, 3.8) is 0 Å². The first kappa shape index (κ1) is 21.4. The Morgan fingerprint density at radius 3 is 2.58 bits per heavy atom. The number of nitrogens with zero attached hydrogens (tertiary/aromatic N) is 2. The van der Waals surface area contributed by atoms with Crippen molar-refractivity contribution in [2.45, 2.75) is 45.2 Å². The molecule has 2 aliphatic heterocycles. The fourth-order valence-electron chi connectivity index (χ4n) is 4.29. The summed E-state index contributed by atoms with van der Waals surface area (Å²) in [7, 11) is 0. The molecular weight excluding hydrogens is 390 g/mol. The van der Waals surface area contributed by atoms with Crippen molar-refractivity contribution < 1.29 is 14.3 Å². The zero-order valence-corrected chi connectivity index (χ0v) is 18.0. The molecule has 2 aliphatic rings. The van der Waals surface area contributed by atoms with E-state index in [2.05, 4.69) is 28.4 Å². The van der Waals surface area contributed by atoms with Crippen molar-refractivity contribution in [1.29, 1.82) is 0 Å². The van der Waals surface area contributed by atoms with Crippen LogP contribution < -0.4 is 15.0 Å². The zero-order valence-electron chi connectivity index (χ0n) is 18.0. The highest BCUT2D eigenvalue weighted by Gasteiger charge is 2.25. The molecule has 2 heterocycles. The molecule has 0 aliphatic carbocycles. The number of hydrogen-bond donors (Lipinski definition) is 1. The molecule has 0 atom stereocenters. The number of fused-ring (bicyclic) bond motifs is 1. The molecule has 0 bridgehead atoms. The number of likely N-dealkylation sites (tertiary alicyclic amines) is 1. The summed E-state index contributed by atoms with van der Waals surface area (Å²) in [6.45, 7) is 4.18. The molecule has 6 nitrogen and oxygen atoms in total. The Morgan fingerprint density at radius 1 is 0.968 bits per heavy atom. The number of ether oxygens (including phenoxy) is 1. The van der Waals surface area contributed by atoms with Crippen LogP contribution in [0.1, 0.15) is 43.2 Å². The molecule has 0 saturated carbocycles. The predicted octanol–water partition coefficient (Wildman–Crippen LogP) is 3.49. The Kier molecular flexibility index (Phi) is 7.20. The van der Waals surface area contributed by atoms with Gasteiger partial charge >= 0.3 is 0 Å². The third-order valence-electron chi connectivity index (χ3n) is 5.96. The minimum Gasteiger partial charge on any atom is -0.482 e. The molecule has 1 fully saturated rings. The first-order valence-corrected chi connectivity index (χ1v) is 11.3. The maximum atomic E-state index is 12.4. The molecule has 0 spiro atoms. The molecule has 0 radical (unpaired) electrons. The average Bonchev–Trinajstić information content (AvgIpc) is 3.06. The van der Waals surface area contributed by atoms with Crippen LogP contribution in [-0.2, 0) is 22.7 Å². The van der Waals surface area contributed by atoms with Gasteiger partial charge in [0.2, 0.25) is 5.91 Å². The molecule has 6 heteroatoms. The quantitative estimate of drug-likeness (QED) is 0.743. The average molecular weight is 422 g/mol. The van der Waals surface area contributed by atoms with Gasteiger partial charge in [0.25, 0.3) is 5.91 Å². The van der Waals surface area contributed by atoms with Crippen LogP contribution in [-0.4, -0.2) is 43.0 Å². The van der Waals surface area contributed by atoms with Crippen molar-refractivity contribution in [1.82, 2.24) is 10.2 Å². The second-order valence-corrected chi connectivity index (χ2v) is 8.34. The van der Waals surface area contributed by atoms with E-state index in [0.29, 0.717) is 18.8 Å². The third kappa shape index (κ3) is 5.85. The molecule has 1 saturated heterocycles. The monoisotopic (exact) mass is 421 g/mol. The van der Waals surface area contributed by atoms with Gasteiger partial charge in [-0.1, -0.05) is 49.2 Å². The molecule has 1 N–H and O–H groups in total. The highest BCUT2D eigenvalue weighted by atomic mass is 16.5. The standard InChI is InChI=1S/C25H31N3O3/c29-24(12-15-28-22-10-3-4-11-23(22)31-19-25(28)30)26-17-20-8-7-9-21(16-20)18-27-13-5-1-2-6-14-27/h3-4,7-11,16H,1-2,5-6,12-15,17-19H2,(H,26,29). The number of rotatable bonds is 7. The second kappa shape index (κ2) is 10.4. The molecular formula is C25H31N3O3. The summed E-state index contributed by atoms with van der Waals surface area (Å²) in [6, 6.07) is 15.9. The van der Waals surface area contributed by atoms with Gasteiger partial charge in [0.05, 0.1) is 5.69 Å². The van der Waals surface area contributed by atoms with Crippen LogP contribution in [0, 0.1) is 0 Å². The van der Waals surface area contributed by atoms with Gasteiger partial charge in [0, 0.05) is 26.1 Å². The summed E-state index contributed by atoms with van der Waals surface area (Å²) in [5, 5.41) is 3.00. The first-order chi connectivity index (χ1) is 15.2. The maximum Gasteiger partial charge on any atom is 0.265 e. The number of para-hydroxylation sites is 2. The van der Waals surface area contributed by atoms with Crippen LogP contribution >= 0.6 is 0 Å². The van der Waals surface area contributed by atoms with E-state index in [9.17, 15) is 9.59 Å². The summed E-state index contributed by atoms with van der Waals surface area (Å²) in [4.78, 5) is 28.8. The Hall–Kier alpha value is -2.86. The number of carbonyl (C=O) groups excluding carboxylic acids is 2. The van der Waals surface area contributed by atoms with Gasteiger partial charge in [0.15, 0.2) is 6.61 Å². The van der Waals surface area contributed by atoms with Crippen LogP contribution in [0.25, 0.3) is 0 Å². The summed E-state index contributed by atoms with van der Waals surface area (Å²) in [5.41, 5.74) is 3.13. The van der Waals surface area contributed by atoms with E-state index >= 15 is 0 Å². The highest BCUT2D eigenvalue weighted by molar-refractivity contribution is 5.98. The molecule has 31 heavy (non-hydrogen) atoms. The fourth-order valence-corrected chi connectivity index (χ4v) is 4.29. The Labute approximate surface area is 184 Å². The number of amides is 2. The van der Waals surface area contributed by atoms with Crippen LogP contribution in [0.3, 0.4) is 0 Å². The van der Waals surface area contributed by atoms with Crippen LogP contribution in [0.15, 0.2) is 48.5 Å². The number of hydrogen-bond acceptors (Lipinski definition) is 4. The van der Waals surface area contributed by atoms with Gasteiger partial charge in [-0.15, -0.1) is 0 Å².